The van der Waals surface area contributed by atoms with Crippen molar-refractivity contribution in [1.82, 2.24) is 5.32 Å². The lowest BCUT2D eigenvalue weighted by Gasteiger charge is -2.39. The van der Waals surface area contributed by atoms with Crippen molar-refractivity contribution in [3.8, 4) is 0 Å². The summed E-state index contributed by atoms with van der Waals surface area (Å²) in [7, 11) is 0. The Morgan fingerprint density at radius 1 is 1.17 bits per heavy atom. The fourth-order valence-corrected chi connectivity index (χ4v) is 2.31. The zero-order chi connectivity index (χ0) is 13.5. The molecule has 1 aliphatic rings. The van der Waals surface area contributed by atoms with E-state index in [-0.39, 0.29) is 5.54 Å². The van der Waals surface area contributed by atoms with Crippen LogP contribution in [0.4, 0.5) is 0 Å². The van der Waals surface area contributed by atoms with E-state index in [1.54, 1.807) is 0 Å². The third-order valence-electron chi connectivity index (χ3n) is 3.67. The highest BCUT2D eigenvalue weighted by Crippen LogP contribution is 2.34. The Labute approximate surface area is 113 Å². The van der Waals surface area contributed by atoms with Gasteiger partial charge in [0.1, 0.15) is 0 Å². The first-order valence-electron chi connectivity index (χ1n) is 7.38. The van der Waals surface area contributed by atoms with Crippen molar-refractivity contribution < 1.29 is 9.47 Å². The van der Waals surface area contributed by atoms with Crippen molar-refractivity contribution >= 4 is 0 Å². The van der Waals surface area contributed by atoms with E-state index in [4.69, 9.17) is 9.47 Å². The average molecular weight is 257 g/mol. The molecular weight excluding hydrogens is 226 g/mol. The molecule has 1 aliphatic heterocycles. The van der Waals surface area contributed by atoms with Gasteiger partial charge in [-0.05, 0) is 51.9 Å². The van der Waals surface area contributed by atoms with Crippen molar-refractivity contribution in [2.45, 2.75) is 58.9 Å². The zero-order valence-electron chi connectivity index (χ0n) is 12.7. The molecule has 0 atom stereocenters. The molecule has 0 spiro atoms. The lowest BCUT2D eigenvalue weighted by atomic mass is 9.77. The van der Waals surface area contributed by atoms with Gasteiger partial charge in [-0.15, -0.1) is 0 Å². The fraction of sp³-hybridized carbons (Fsp3) is 1.00. The third kappa shape index (κ3) is 6.17. The Bertz CT molecular complexity index is 217. The predicted molar refractivity (Wildman–Crippen MR) is 76.0 cm³/mol. The zero-order valence-corrected chi connectivity index (χ0v) is 12.7. The van der Waals surface area contributed by atoms with Gasteiger partial charge in [-0.2, -0.15) is 0 Å². The van der Waals surface area contributed by atoms with E-state index in [0.29, 0.717) is 5.41 Å². The molecule has 3 nitrogen and oxygen atoms in total. The summed E-state index contributed by atoms with van der Waals surface area (Å²) in [4.78, 5) is 0. The second-order valence-electron chi connectivity index (χ2n) is 6.58. The molecule has 0 amide bonds. The molecule has 18 heavy (non-hydrogen) atoms. The molecule has 1 heterocycles. The number of hydrogen-bond acceptors (Lipinski definition) is 3. The molecule has 1 saturated heterocycles. The smallest absolute Gasteiger partial charge is 0.0471 e. The standard InChI is InChI=1S/C15H31NO2/c1-5-9-17-10-6-15(7-11-18-12-8-15)13-16-14(2,3)4/h16H,5-13H2,1-4H3. The Morgan fingerprint density at radius 2 is 1.83 bits per heavy atom. The summed E-state index contributed by atoms with van der Waals surface area (Å²) in [5.74, 6) is 0. The second kappa shape index (κ2) is 7.46. The minimum atomic E-state index is 0.190. The van der Waals surface area contributed by atoms with Gasteiger partial charge in [-0.3, -0.25) is 0 Å². The minimum absolute atomic E-state index is 0.190. The monoisotopic (exact) mass is 257 g/mol. The van der Waals surface area contributed by atoms with Crippen LogP contribution in [0.15, 0.2) is 0 Å². The van der Waals surface area contributed by atoms with Gasteiger partial charge < -0.3 is 14.8 Å². The predicted octanol–water partition coefficient (Wildman–Crippen LogP) is 2.99. The van der Waals surface area contributed by atoms with Gasteiger partial charge in [0, 0.05) is 38.5 Å². The first-order chi connectivity index (χ1) is 8.47. The highest BCUT2D eigenvalue weighted by Gasteiger charge is 2.33. The Kier molecular flexibility index (Phi) is 6.61. The molecule has 3 heteroatoms. The molecule has 1 rings (SSSR count). The van der Waals surface area contributed by atoms with Gasteiger partial charge >= 0.3 is 0 Å². The van der Waals surface area contributed by atoms with E-state index in [0.717, 1.165) is 58.7 Å². The van der Waals surface area contributed by atoms with Crippen LogP contribution in [0.2, 0.25) is 0 Å². The van der Waals surface area contributed by atoms with Crippen molar-refractivity contribution in [3.63, 3.8) is 0 Å². The molecule has 0 aromatic rings. The molecule has 0 unspecified atom stereocenters. The number of rotatable bonds is 7. The van der Waals surface area contributed by atoms with E-state index < -0.39 is 0 Å². The minimum Gasteiger partial charge on any atom is -0.381 e. The maximum atomic E-state index is 5.67. The average Bonchev–Trinajstić information content (AvgIpc) is 2.33. The summed E-state index contributed by atoms with van der Waals surface area (Å²) >= 11 is 0. The highest BCUT2D eigenvalue weighted by atomic mass is 16.5. The van der Waals surface area contributed by atoms with Crippen LogP contribution >= 0.6 is 0 Å². The van der Waals surface area contributed by atoms with Gasteiger partial charge in [-0.1, -0.05) is 6.92 Å². The maximum absolute atomic E-state index is 5.67. The first-order valence-corrected chi connectivity index (χ1v) is 7.38. The van der Waals surface area contributed by atoms with Crippen LogP contribution in [-0.4, -0.2) is 38.5 Å². The van der Waals surface area contributed by atoms with Crippen LogP contribution in [0.3, 0.4) is 0 Å². The van der Waals surface area contributed by atoms with E-state index in [9.17, 15) is 0 Å². The Morgan fingerprint density at radius 3 is 2.39 bits per heavy atom. The fourth-order valence-electron chi connectivity index (χ4n) is 2.31. The van der Waals surface area contributed by atoms with Crippen LogP contribution in [0.1, 0.15) is 53.4 Å². The quantitative estimate of drug-likeness (QED) is 0.711. The van der Waals surface area contributed by atoms with Crippen LogP contribution in [0.5, 0.6) is 0 Å². The van der Waals surface area contributed by atoms with E-state index in [1.165, 1.54) is 0 Å². The van der Waals surface area contributed by atoms with Crippen molar-refractivity contribution in [3.05, 3.63) is 0 Å². The number of nitrogens with one attached hydrogen (secondary N) is 1. The van der Waals surface area contributed by atoms with Crippen LogP contribution in [-0.2, 0) is 9.47 Å². The SMILES string of the molecule is CCCOCCC1(CNC(C)(C)C)CCOCC1. The lowest BCUT2D eigenvalue weighted by Crippen LogP contribution is -2.46. The summed E-state index contributed by atoms with van der Waals surface area (Å²) in [5, 5.41) is 3.66. The van der Waals surface area contributed by atoms with E-state index in [2.05, 4.69) is 33.0 Å². The van der Waals surface area contributed by atoms with Crippen molar-refractivity contribution in [1.29, 1.82) is 0 Å². The molecular formula is C15H31NO2. The topological polar surface area (TPSA) is 30.5 Å². The molecule has 1 N–H and O–H groups in total. The van der Waals surface area contributed by atoms with Crippen molar-refractivity contribution in [2.24, 2.45) is 5.41 Å². The third-order valence-corrected chi connectivity index (χ3v) is 3.67. The number of ether oxygens (including phenoxy) is 2. The summed E-state index contributed by atoms with van der Waals surface area (Å²) < 4.78 is 11.2. The van der Waals surface area contributed by atoms with E-state index >= 15 is 0 Å². The molecule has 0 radical (unpaired) electrons. The maximum Gasteiger partial charge on any atom is 0.0471 e. The highest BCUT2D eigenvalue weighted by molar-refractivity contribution is 4.86. The van der Waals surface area contributed by atoms with Crippen LogP contribution < -0.4 is 5.32 Å². The largest absolute Gasteiger partial charge is 0.381 e. The molecule has 0 bridgehead atoms. The molecule has 1 fully saturated rings. The summed E-state index contributed by atoms with van der Waals surface area (Å²) in [6.45, 7) is 13.5. The lowest BCUT2D eigenvalue weighted by molar-refractivity contribution is -0.00870. The van der Waals surface area contributed by atoms with Gasteiger partial charge in [0.05, 0.1) is 0 Å². The second-order valence-corrected chi connectivity index (χ2v) is 6.58. The Balaban J connectivity index is 2.41. The first kappa shape index (κ1) is 15.9. The van der Waals surface area contributed by atoms with Gasteiger partial charge in [-0.25, -0.2) is 0 Å². The summed E-state index contributed by atoms with van der Waals surface area (Å²) in [5.41, 5.74) is 0.564. The number of hydrogen-bond donors (Lipinski definition) is 1. The molecule has 0 saturated carbocycles. The van der Waals surface area contributed by atoms with Gasteiger partial charge in [0.25, 0.3) is 0 Å². The Hall–Kier alpha value is -0.120. The van der Waals surface area contributed by atoms with Crippen LogP contribution in [0, 0.1) is 5.41 Å². The van der Waals surface area contributed by atoms with E-state index in [1.807, 2.05) is 0 Å². The van der Waals surface area contributed by atoms with Gasteiger partial charge in [0.15, 0.2) is 0 Å². The molecule has 108 valence electrons. The van der Waals surface area contributed by atoms with Crippen molar-refractivity contribution in [2.75, 3.05) is 33.0 Å². The molecule has 0 aromatic heterocycles. The van der Waals surface area contributed by atoms with Gasteiger partial charge in [0.2, 0.25) is 0 Å². The molecule has 0 aliphatic carbocycles. The normalized spacial score (nSPS) is 20.0. The van der Waals surface area contributed by atoms with Crippen LogP contribution in [0.25, 0.3) is 0 Å². The summed E-state index contributed by atoms with van der Waals surface area (Å²) in [6.07, 6.45) is 4.58. The molecule has 0 aromatic carbocycles. The summed E-state index contributed by atoms with van der Waals surface area (Å²) in [6, 6.07) is 0.